The van der Waals surface area contributed by atoms with Gasteiger partial charge in [-0.05, 0) is 57.9 Å². The molecule has 3 fully saturated rings. The van der Waals surface area contributed by atoms with Crippen LogP contribution in [0.25, 0.3) is 0 Å². The molecule has 22 heavy (non-hydrogen) atoms. The first-order valence-electron chi connectivity index (χ1n) is 9.49. The van der Waals surface area contributed by atoms with Gasteiger partial charge in [0.15, 0.2) is 5.78 Å². The largest absolute Gasteiger partial charge is 0.325 e. The van der Waals surface area contributed by atoms with E-state index in [4.69, 9.17) is 0 Å². The Hall–Kier alpha value is 0.320. The molecule has 3 rings (SSSR count). The third kappa shape index (κ3) is 4.44. The van der Waals surface area contributed by atoms with Gasteiger partial charge in [0.05, 0.1) is 12.6 Å². The summed E-state index contributed by atoms with van der Waals surface area (Å²) in [5.74, 6) is 0.946. The lowest BCUT2D eigenvalue weighted by molar-refractivity contribution is -0.924. The van der Waals surface area contributed by atoms with Gasteiger partial charge in [-0.3, -0.25) is 4.79 Å². The lowest BCUT2D eigenvalue weighted by atomic mass is 9.85. The van der Waals surface area contributed by atoms with Gasteiger partial charge in [0, 0.05) is 16.3 Å². The molecular weight excluding hydrogens is 387 g/mol. The monoisotopic (exact) mass is 419 g/mol. The van der Waals surface area contributed by atoms with E-state index in [2.05, 4.69) is 27.9 Å². The summed E-state index contributed by atoms with van der Waals surface area (Å²) in [7, 11) is 0. The Morgan fingerprint density at radius 2 is 1.77 bits per heavy atom. The smallest absolute Gasteiger partial charge is 0.189 e. The van der Waals surface area contributed by atoms with Crippen molar-refractivity contribution in [1.29, 1.82) is 0 Å². The Morgan fingerprint density at radius 3 is 2.50 bits per heavy atom. The van der Waals surface area contributed by atoms with Gasteiger partial charge in [0.25, 0.3) is 0 Å². The summed E-state index contributed by atoms with van der Waals surface area (Å²) in [4.78, 5) is 14.4. The number of halogens is 1. The Bertz CT molecular complexity index is 362. The zero-order chi connectivity index (χ0) is 15.4. The van der Waals surface area contributed by atoms with Crippen LogP contribution >= 0.6 is 22.6 Å². The molecule has 2 heterocycles. The van der Waals surface area contributed by atoms with Crippen LogP contribution in [0.3, 0.4) is 0 Å². The SMILES string of the molecule is O=C(C[NH+]1CCCCC1C1CCCCN1)C1CCC(I)CC1. The third-order valence-corrected chi connectivity index (χ3v) is 7.38. The maximum Gasteiger partial charge on any atom is 0.189 e. The van der Waals surface area contributed by atoms with E-state index in [1.807, 2.05) is 0 Å². The van der Waals surface area contributed by atoms with Crippen LogP contribution in [0.5, 0.6) is 0 Å². The second-order valence-electron chi connectivity index (χ2n) is 7.66. The average Bonchev–Trinajstić information content (AvgIpc) is 2.57. The van der Waals surface area contributed by atoms with Gasteiger partial charge < -0.3 is 10.2 Å². The molecule has 0 radical (unpaired) electrons. The number of likely N-dealkylation sites (tertiary alicyclic amines) is 1. The van der Waals surface area contributed by atoms with Crippen LogP contribution in [0.2, 0.25) is 0 Å². The summed E-state index contributed by atoms with van der Waals surface area (Å²) < 4.78 is 0.808. The zero-order valence-corrected chi connectivity index (χ0v) is 15.9. The highest BCUT2D eigenvalue weighted by Crippen LogP contribution is 2.29. The van der Waals surface area contributed by atoms with Crippen molar-refractivity contribution in [2.45, 2.75) is 80.2 Å². The summed E-state index contributed by atoms with van der Waals surface area (Å²) in [5, 5.41) is 3.74. The molecule has 0 amide bonds. The van der Waals surface area contributed by atoms with Gasteiger partial charge in [-0.15, -0.1) is 0 Å². The van der Waals surface area contributed by atoms with Gasteiger partial charge in [0.2, 0.25) is 0 Å². The fourth-order valence-electron chi connectivity index (χ4n) is 4.78. The van der Waals surface area contributed by atoms with Crippen LogP contribution in [0, 0.1) is 5.92 Å². The van der Waals surface area contributed by atoms with Crippen LogP contribution in [-0.4, -0.2) is 41.4 Å². The molecule has 0 bridgehead atoms. The van der Waals surface area contributed by atoms with E-state index in [1.54, 1.807) is 4.90 Å². The molecule has 0 aromatic rings. The van der Waals surface area contributed by atoms with Crippen molar-refractivity contribution in [2.24, 2.45) is 5.92 Å². The summed E-state index contributed by atoms with van der Waals surface area (Å²) in [6.07, 6.45) is 12.8. The molecule has 0 aromatic carbocycles. The van der Waals surface area contributed by atoms with Crippen molar-refractivity contribution in [3.8, 4) is 0 Å². The number of piperidine rings is 2. The highest BCUT2D eigenvalue weighted by atomic mass is 127. The van der Waals surface area contributed by atoms with E-state index in [9.17, 15) is 4.79 Å². The lowest BCUT2D eigenvalue weighted by Gasteiger charge is -2.39. The standard InChI is InChI=1S/C18H31IN2O/c19-15-9-7-14(8-10-15)18(22)13-21-12-4-2-6-17(21)16-5-1-3-11-20-16/h14-17,20H,1-13H2/p+1. The molecule has 3 aliphatic rings. The molecule has 1 aliphatic carbocycles. The van der Waals surface area contributed by atoms with Crippen LogP contribution in [0.15, 0.2) is 0 Å². The van der Waals surface area contributed by atoms with E-state index < -0.39 is 0 Å². The van der Waals surface area contributed by atoms with Gasteiger partial charge in [-0.1, -0.05) is 29.0 Å². The second kappa shape index (κ2) is 8.43. The molecule has 2 N–H and O–H groups in total. The van der Waals surface area contributed by atoms with Crippen molar-refractivity contribution in [3.05, 3.63) is 0 Å². The van der Waals surface area contributed by atoms with Crippen molar-refractivity contribution < 1.29 is 9.69 Å². The molecule has 0 aromatic heterocycles. The number of ketones is 1. The Kier molecular flexibility index (Phi) is 6.57. The molecule has 2 saturated heterocycles. The minimum Gasteiger partial charge on any atom is -0.325 e. The van der Waals surface area contributed by atoms with Crippen LogP contribution < -0.4 is 10.2 Å². The van der Waals surface area contributed by atoms with E-state index in [-0.39, 0.29) is 0 Å². The number of hydrogen-bond donors (Lipinski definition) is 2. The average molecular weight is 419 g/mol. The van der Waals surface area contributed by atoms with Gasteiger partial charge in [-0.2, -0.15) is 0 Å². The second-order valence-corrected chi connectivity index (χ2v) is 9.42. The first-order valence-corrected chi connectivity index (χ1v) is 10.7. The molecular formula is C18H32IN2O+. The van der Waals surface area contributed by atoms with Gasteiger partial charge >= 0.3 is 0 Å². The first-order chi connectivity index (χ1) is 10.7. The number of hydrogen-bond acceptors (Lipinski definition) is 2. The van der Waals surface area contributed by atoms with Gasteiger partial charge in [-0.25, -0.2) is 0 Å². The lowest BCUT2D eigenvalue weighted by Crippen LogP contribution is -3.19. The van der Waals surface area contributed by atoms with Crippen LogP contribution in [0.4, 0.5) is 0 Å². The van der Waals surface area contributed by atoms with E-state index in [1.165, 1.54) is 64.5 Å². The molecule has 4 heteroatoms. The summed E-state index contributed by atoms with van der Waals surface area (Å²) in [6, 6.07) is 1.36. The molecule has 126 valence electrons. The normalized spacial score (nSPS) is 40.3. The van der Waals surface area contributed by atoms with Gasteiger partial charge in [0.1, 0.15) is 12.6 Å². The number of Topliss-reactive ketones (excluding diaryl/α,β-unsaturated/α-hetero) is 1. The predicted molar refractivity (Wildman–Crippen MR) is 98.8 cm³/mol. The van der Waals surface area contributed by atoms with Crippen molar-refractivity contribution in [3.63, 3.8) is 0 Å². The molecule has 0 spiro atoms. The Labute approximate surface area is 149 Å². The van der Waals surface area contributed by atoms with Crippen molar-refractivity contribution >= 4 is 28.4 Å². The molecule has 2 aliphatic heterocycles. The van der Waals surface area contributed by atoms with E-state index >= 15 is 0 Å². The number of alkyl halides is 1. The van der Waals surface area contributed by atoms with Crippen LogP contribution in [-0.2, 0) is 4.79 Å². The predicted octanol–water partition coefficient (Wildman–Crippen LogP) is 2.13. The maximum absolute atomic E-state index is 12.8. The fourth-order valence-corrected chi connectivity index (χ4v) is 5.50. The molecule has 3 atom stereocenters. The summed E-state index contributed by atoms with van der Waals surface area (Å²) >= 11 is 2.55. The number of nitrogens with one attached hydrogen (secondary N) is 2. The van der Waals surface area contributed by atoms with Crippen molar-refractivity contribution in [2.75, 3.05) is 19.6 Å². The number of carbonyl (C=O) groups excluding carboxylic acids is 1. The topological polar surface area (TPSA) is 33.5 Å². The maximum atomic E-state index is 12.8. The summed E-state index contributed by atoms with van der Waals surface area (Å²) in [6.45, 7) is 3.21. The summed E-state index contributed by atoms with van der Waals surface area (Å²) in [5.41, 5.74) is 0. The van der Waals surface area contributed by atoms with Crippen molar-refractivity contribution in [1.82, 2.24) is 5.32 Å². The number of rotatable bonds is 4. The number of quaternary nitrogens is 1. The van der Waals surface area contributed by atoms with Crippen LogP contribution in [0.1, 0.15) is 64.2 Å². The Morgan fingerprint density at radius 1 is 1.00 bits per heavy atom. The Balaban J connectivity index is 1.55. The minimum atomic E-state index is 0.375. The van der Waals surface area contributed by atoms with E-state index in [0.717, 1.165) is 23.3 Å². The number of carbonyl (C=O) groups is 1. The molecule has 1 saturated carbocycles. The third-order valence-electron chi connectivity index (χ3n) is 6.13. The minimum absolute atomic E-state index is 0.375. The fraction of sp³-hybridized carbons (Fsp3) is 0.944. The highest BCUT2D eigenvalue weighted by molar-refractivity contribution is 14.1. The zero-order valence-electron chi connectivity index (χ0n) is 13.8. The first kappa shape index (κ1) is 17.2. The quantitative estimate of drug-likeness (QED) is 0.541. The molecule has 3 nitrogen and oxygen atoms in total. The molecule has 3 unspecified atom stereocenters. The van der Waals surface area contributed by atoms with E-state index in [0.29, 0.717) is 23.8 Å². The highest BCUT2D eigenvalue weighted by Gasteiger charge is 2.36.